The first kappa shape index (κ1) is 20.5. The van der Waals surface area contributed by atoms with Crippen molar-refractivity contribution in [3.05, 3.63) is 52.7 Å². The van der Waals surface area contributed by atoms with E-state index >= 15 is 0 Å². The topological polar surface area (TPSA) is 95.6 Å². The number of benzene rings is 1. The van der Waals surface area contributed by atoms with Crippen molar-refractivity contribution >= 4 is 33.2 Å². The fraction of sp³-hybridized carbons (Fsp3) is 0.368. The Morgan fingerprint density at radius 2 is 1.89 bits per heavy atom. The van der Waals surface area contributed by atoms with Crippen LogP contribution in [0, 0.1) is 5.92 Å². The molecule has 28 heavy (non-hydrogen) atoms. The quantitative estimate of drug-likeness (QED) is 0.710. The van der Waals surface area contributed by atoms with E-state index in [9.17, 15) is 18.0 Å². The summed E-state index contributed by atoms with van der Waals surface area (Å²) in [7, 11) is -3.62. The molecule has 3 rings (SSSR count). The average Bonchev–Trinajstić information content (AvgIpc) is 3.25. The highest BCUT2D eigenvalue weighted by Gasteiger charge is 2.33. The van der Waals surface area contributed by atoms with Gasteiger partial charge in [-0.15, -0.1) is 11.3 Å². The van der Waals surface area contributed by atoms with Crippen LogP contribution in [0.25, 0.3) is 0 Å². The second kappa shape index (κ2) is 9.31. The molecule has 1 fully saturated rings. The molecule has 7 nitrogen and oxygen atoms in total. The second-order valence-electron chi connectivity index (χ2n) is 6.59. The summed E-state index contributed by atoms with van der Waals surface area (Å²) in [5, 5.41) is 7.31. The van der Waals surface area contributed by atoms with Gasteiger partial charge in [-0.05, 0) is 36.4 Å². The summed E-state index contributed by atoms with van der Waals surface area (Å²) in [6.07, 6.45) is 1.21. The lowest BCUT2D eigenvalue weighted by atomic mass is 9.99. The number of nitrogens with zero attached hydrogens (tertiary/aromatic N) is 1. The van der Waals surface area contributed by atoms with Crippen molar-refractivity contribution < 1.29 is 18.0 Å². The third kappa shape index (κ3) is 5.18. The molecule has 9 heteroatoms. The first-order valence-electron chi connectivity index (χ1n) is 9.09. The van der Waals surface area contributed by atoms with Gasteiger partial charge in [0.1, 0.15) is 0 Å². The van der Waals surface area contributed by atoms with Gasteiger partial charge in [0, 0.05) is 18.0 Å². The van der Waals surface area contributed by atoms with Crippen LogP contribution in [0.3, 0.4) is 0 Å². The molecule has 2 amide bonds. The van der Waals surface area contributed by atoms with E-state index in [2.05, 4.69) is 10.6 Å². The molecule has 0 aliphatic carbocycles. The van der Waals surface area contributed by atoms with Crippen LogP contribution in [-0.2, 0) is 26.2 Å². The molecule has 1 aliphatic heterocycles. The normalized spacial score (nSPS) is 17.8. The lowest BCUT2D eigenvalue weighted by Gasteiger charge is -2.31. The molecule has 2 aromatic rings. The highest BCUT2D eigenvalue weighted by Crippen LogP contribution is 2.23. The Labute approximate surface area is 168 Å². The molecule has 0 unspecified atom stereocenters. The van der Waals surface area contributed by atoms with E-state index in [1.54, 1.807) is 41.7 Å². The van der Waals surface area contributed by atoms with E-state index in [1.807, 2.05) is 17.5 Å². The number of hydrogen-bond donors (Lipinski definition) is 2. The first-order valence-corrected chi connectivity index (χ1v) is 11.4. The summed E-state index contributed by atoms with van der Waals surface area (Å²) in [6, 6.07) is 12.0. The van der Waals surface area contributed by atoms with Crippen molar-refractivity contribution in [3.8, 4) is 0 Å². The van der Waals surface area contributed by atoms with E-state index in [-0.39, 0.29) is 29.8 Å². The van der Waals surface area contributed by atoms with Gasteiger partial charge in [-0.2, -0.15) is 4.31 Å². The van der Waals surface area contributed by atoms with Gasteiger partial charge in [0.2, 0.25) is 21.8 Å². The molecule has 150 valence electrons. The lowest BCUT2D eigenvalue weighted by molar-refractivity contribution is -0.129. The zero-order chi connectivity index (χ0) is 20.0. The summed E-state index contributed by atoms with van der Waals surface area (Å²) >= 11 is 1.55. The third-order valence-electron chi connectivity index (χ3n) is 4.60. The largest absolute Gasteiger partial charge is 0.350 e. The highest BCUT2D eigenvalue weighted by atomic mass is 32.2. The van der Waals surface area contributed by atoms with E-state index in [1.165, 1.54) is 4.31 Å². The molecule has 0 radical (unpaired) electrons. The van der Waals surface area contributed by atoms with Crippen molar-refractivity contribution in [3.63, 3.8) is 0 Å². The SMILES string of the molecule is O=C(CNC(=O)[C@@H]1CCCN(S(=O)(=O)c2ccccc2)C1)NCc1cccs1. The van der Waals surface area contributed by atoms with Gasteiger partial charge in [-0.25, -0.2) is 8.42 Å². The molecule has 1 saturated heterocycles. The number of thiophene rings is 1. The Morgan fingerprint density at radius 3 is 2.61 bits per heavy atom. The minimum Gasteiger partial charge on any atom is -0.350 e. The van der Waals surface area contributed by atoms with E-state index in [4.69, 9.17) is 0 Å². The number of carbonyl (C=O) groups excluding carboxylic acids is 2. The smallest absolute Gasteiger partial charge is 0.243 e. The van der Waals surface area contributed by atoms with Gasteiger partial charge >= 0.3 is 0 Å². The fourth-order valence-corrected chi connectivity index (χ4v) is 5.28. The minimum atomic E-state index is -3.62. The van der Waals surface area contributed by atoms with Gasteiger partial charge in [0.15, 0.2) is 0 Å². The van der Waals surface area contributed by atoms with Gasteiger partial charge in [0.25, 0.3) is 0 Å². The van der Waals surface area contributed by atoms with Crippen LogP contribution < -0.4 is 10.6 Å². The average molecular weight is 422 g/mol. The first-order chi connectivity index (χ1) is 13.5. The zero-order valence-corrected chi connectivity index (χ0v) is 17.0. The summed E-state index contributed by atoms with van der Waals surface area (Å²) < 4.78 is 26.9. The monoisotopic (exact) mass is 421 g/mol. The molecule has 2 heterocycles. The van der Waals surface area contributed by atoms with Crippen molar-refractivity contribution in [2.45, 2.75) is 24.3 Å². The number of carbonyl (C=O) groups is 2. The van der Waals surface area contributed by atoms with Gasteiger partial charge < -0.3 is 10.6 Å². The van der Waals surface area contributed by atoms with Gasteiger partial charge in [-0.3, -0.25) is 9.59 Å². The highest BCUT2D eigenvalue weighted by molar-refractivity contribution is 7.89. The van der Waals surface area contributed by atoms with E-state index in [0.717, 1.165) is 4.88 Å². The predicted molar refractivity (Wildman–Crippen MR) is 107 cm³/mol. The standard InChI is InChI=1S/C19H23N3O4S2/c23-18(20-12-16-7-5-11-27-16)13-21-19(24)15-6-4-10-22(14-15)28(25,26)17-8-2-1-3-9-17/h1-3,5,7-9,11,15H,4,6,10,12-14H2,(H,20,23)(H,21,24)/t15-/m1/s1. The summed E-state index contributed by atoms with van der Waals surface area (Å²) in [5.41, 5.74) is 0. The Morgan fingerprint density at radius 1 is 1.11 bits per heavy atom. The molecule has 0 bridgehead atoms. The second-order valence-corrected chi connectivity index (χ2v) is 9.56. The van der Waals surface area contributed by atoms with Crippen LogP contribution in [-0.4, -0.2) is 44.2 Å². The summed E-state index contributed by atoms with van der Waals surface area (Å²) in [5.74, 6) is -1.03. The number of nitrogens with one attached hydrogen (secondary N) is 2. The van der Waals surface area contributed by atoms with Gasteiger partial charge in [0.05, 0.1) is 23.9 Å². The molecule has 1 atom stereocenters. The van der Waals surface area contributed by atoms with Crippen LogP contribution in [0.4, 0.5) is 0 Å². The number of rotatable bonds is 7. The Hall–Kier alpha value is -2.23. The number of sulfonamides is 1. The molecule has 2 N–H and O–H groups in total. The number of amides is 2. The van der Waals surface area contributed by atoms with Crippen LogP contribution in [0.15, 0.2) is 52.7 Å². The molecular weight excluding hydrogens is 398 g/mol. The third-order valence-corrected chi connectivity index (χ3v) is 7.35. The van der Waals surface area contributed by atoms with Crippen molar-refractivity contribution in [1.82, 2.24) is 14.9 Å². The van der Waals surface area contributed by atoms with Crippen LogP contribution in [0.1, 0.15) is 17.7 Å². The van der Waals surface area contributed by atoms with Crippen LogP contribution in [0.5, 0.6) is 0 Å². The maximum Gasteiger partial charge on any atom is 0.243 e. The minimum absolute atomic E-state index is 0.119. The van der Waals surface area contributed by atoms with Crippen molar-refractivity contribution in [2.24, 2.45) is 5.92 Å². The summed E-state index contributed by atoms with van der Waals surface area (Å²) in [6.45, 7) is 0.827. The van der Waals surface area contributed by atoms with Crippen LogP contribution in [0.2, 0.25) is 0 Å². The molecule has 1 aromatic carbocycles. The molecular formula is C19H23N3O4S2. The predicted octanol–water partition coefficient (Wildman–Crippen LogP) is 1.58. The van der Waals surface area contributed by atoms with Crippen molar-refractivity contribution in [1.29, 1.82) is 0 Å². The number of piperidine rings is 1. The maximum absolute atomic E-state index is 12.8. The maximum atomic E-state index is 12.8. The van der Waals surface area contributed by atoms with Crippen molar-refractivity contribution in [2.75, 3.05) is 19.6 Å². The Kier molecular flexibility index (Phi) is 6.82. The zero-order valence-electron chi connectivity index (χ0n) is 15.3. The number of hydrogen-bond acceptors (Lipinski definition) is 5. The molecule has 0 spiro atoms. The lowest BCUT2D eigenvalue weighted by Crippen LogP contribution is -2.47. The van der Waals surface area contributed by atoms with Gasteiger partial charge in [-0.1, -0.05) is 24.3 Å². The molecule has 1 aromatic heterocycles. The van der Waals surface area contributed by atoms with Crippen LogP contribution >= 0.6 is 11.3 Å². The molecule has 0 saturated carbocycles. The fourth-order valence-electron chi connectivity index (χ4n) is 3.09. The summed E-state index contributed by atoms with van der Waals surface area (Å²) in [4.78, 5) is 25.6. The van der Waals surface area contributed by atoms with E-state index < -0.39 is 15.9 Å². The Balaban J connectivity index is 1.51. The molecule has 1 aliphatic rings. The Bertz CT molecular complexity index is 899. The van der Waals surface area contributed by atoms with E-state index in [0.29, 0.717) is 25.9 Å².